The van der Waals surface area contributed by atoms with Crippen LogP contribution in [0.15, 0.2) is 30.5 Å². The fourth-order valence-electron chi connectivity index (χ4n) is 7.19. The molecular formula is C38H61N3O6. The van der Waals surface area contributed by atoms with Crippen molar-refractivity contribution in [1.82, 2.24) is 15.2 Å². The molecule has 2 aliphatic rings. The number of amides is 2. The van der Waals surface area contributed by atoms with Crippen molar-refractivity contribution in [2.24, 2.45) is 29.1 Å². The van der Waals surface area contributed by atoms with Crippen LogP contribution in [-0.4, -0.2) is 72.4 Å². The minimum atomic E-state index is -0.918. The van der Waals surface area contributed by atoms with E-state index in [-0.39, 0.29) is 41.5 Å². The smallest absolute Gasteiger partial charge is 0.407 e. The number of carbonyl (C=O) groups excluding carboxylic acids is 2. The van der Waals surface area contributed by atoms with Crippen molar-refractivity contribution in [2.75, 3.05) is 26.9 Å². The van der Waals surface area contributed by atoms with E-state index in [1.165, 1.54) is 16.5 Å². The molecule has 47 heavy (non-hydrogen) atoms. The number of carbonyl (C=O) groups is 2. The standard InChI is InChI=1S/C38H61N3O6/c1-25(2)29(20-27-10-11-28-12-16-41(32(28)21-27)15-9-17-45-8)22-31(39-36(44)47-37(5,6)7)33(42)23-30(26(3)4)35(43)40-34-24-38(34)13-18-46-19-14-38/h10-12,16,21,25-26,29-31,33-34,42H,9,13-15,17-20,22-24H2,1-8H3,(H,39,44)(H,40,43)/t29?,30?,31?,33?,34-/m1/s1. The molecule has 2 heterocycles. The van der Waals surface area contributed by atoms with Gasteiger partial charge in [0.2, 0.25) is 5.91 Å². The summed E-state index contributed by atoms with van der Waals surface area (Å²) >= 11 is 0. The predicted molar refractivity (Wildman–Crippen MR) is 186 cm³/mol. The normalized spacial score (nSPS) is 20.3. The minimum Gasteiger partial charge on any atom is -0.444 e. The number of hydrogen-bond acceptors (Lipinski definition) is 6. The number of hydrogen-bond donors (Lipinski definition) is 3. The Morgan fingerprint density at radius 1 is 1.09 bits per heavy atom. The number of ether oxygens (including phenoxy) is 3. The van der Waals surface area contributed by atoms with Crippen molar-refractivity contribution in [2.45, 2.75) is 124 Å². The average molecular weight is 656 g/mol. The van der Waals surface area contributed by atoms with Crippen molar-refractivity contribution in [3.8, 4) is 0 Å². The molecule has 9 heteroatoms. The monoisotopic (exact) mass is 655 g/mol. The van der Waals surface area contributed by atoms with Gasteiger partial charge in [-0.15, -0.1) is 0 Å². The lowest BCUT2D eigenvalue weighted by atomic mass is 9.80. The molecule has 1 aliphatic heterocycles. The van der Waals surface area contributed by atoms with Gasteiger partial charge in [-0.3, -0.25) is 4.79 Å². The van der Waals surface area contributed by atoms with E-state index in [4.69, 9.17) is 14.2 Å². The Morgan fingerprint density at radius 3 is 2.45 bits per heavy atom. The highest BCUT2D eigenvalue weighted by Gasteiger charge is 2.55. The summed E-state index contributed by atoms with van der Waals surface area (Å²) in [5.41, 5.74) is 1.93. The third-order valence-corrected chi connectivity index (χ3v) is 10.4. The van der Waals surface area contributed by atoms with Gasteiger partial charge in [0.25, 0.3) is 0 Å². The Labute approximate surface area is 282 Å². The zero-order valence-corrected chi connectivity index (χ0v) is 30.1. The van der Waals surface area contributed by atoms with E-state index < -0.39 is 23.8 Å². The first-order chi connectivity index (χ1) is 22.2. The fraction of sp³-hybridized carbons (Fsp3) is 0.737. The van der Waals surface area contributed by atoms with Crippen LogP contribution < -0.4 is 10.6 Å². The van der Waals surface area contributed by atoms with Crippen molar-refractivity contribution < 1.29 is 28.9 Å². The zero-order chi connectivity index (χ0) is 34.4. The number of nitrogens with zero attached hydrogens (tertiary/aromatic N) is 1. The molecule has 2 aromatic rings. The second kappa shape index (κ2) is 16.2. The molecule has 1 saturated heterocycles. The molecule has 2 fully saturated rings. The van der Waals surface area contributed by atoms with Gasteiger partial charge in [0, 0.05) is 57.1 Å². The summed E-state index contributed by atoms with van der Waals surface area (Å²) in [6.07, 6.45) is 6.20. The van der Waals surface area contributed by atoms with Crippen LogP contribution in [0.5, 0.6) is 0 Å². The molecule has 1 saturated carbocycles. The Hall–Kier alpha value is -2.62. The molecule has 1 aliphatic carbocycles. The third-order valence-electron chi connectivity index (χ3n) is 10.4. The van der Waals surface area contributed by atoms with Crippen LogP contribution in [0.1, 0.15) is 92.6 Å². The SMILES string of the molecule is COCCCn1ccc2ccc(CC(CC(NC(=O)OC(C)(C)C)C(O)CC(C(=O)N[C@@H]3CC34CCOCC4)C(C)C)C(C)C)cc21. The fourth-order valence-corrected chi connectivity index (χ4v) is 7.19. The summed E-state index contributed by atoms with van der Waals surface area (Å²) in [4.78, 5) is 26.7. The van der Waals surface area contributed by atoms with E-state index in [0.29, 0.717) is 12.3 Å². The topological polar surface area (TPSA) is 111 Å². The number of benzene rings is 1. The first-order valence-corrected chi connectivity index (χ1v) is 17.8. The molecule has 1 aromatic heterocycles. The van der Waals surface area contributed by atoms with Crippen LogP contribution in [0.25, 0.3) is 10.9 Å². The number of aliphatic hydroxyl groups is 1. The first kappa shape index (κ1) is 37.2. The summed E-state index contributed by atoms with van der Waals surface area (Å²) in [7, 11) is 1.73. The highest BCUT2D eigenvalue weighted by Crippen LogP contribution is 2.53. The molecule has 2 amide bonds. The van der Waals surface area contributed by atoms with Gasteiger partial charge in [-0.1, -0.05) is 39.8 Å². The van der Waals surface area contributed by atoms with Crippen molar-refractivity contribution >= 4 is 22.9 Å². The second-order valence-corrected chi connectivity index (χ2v) is 15.8. The van der Waals surface area contributed by atoms with Gasteiger partial charge < -0.3 is 34.5 Å². The summed E-state index contributed by atoms with van der Waals surface area (Å²) in [6, 6.07) is 8.39. The number of aliphatic hydroxyl groups excluding tert-OH is 1. The molecule has 264 valence electrons. The van der Waals surface area contributed by atoms with Crippen LogP contribution in [-0.2, 0) is 32.0 Å². The lowest BCUT2D eigenvalue weighted by Crippen LogP contribution is -2.49. The Bertz CT molecular complexity index is 1310. The van der Waals surface area contributed by atoms with Gasteiger partial charge in [0.15, 0.2) is 0 Å². The number of methoxy groups -OCH3 is 1. The zero-order valence-electron chi connectivity index (χ0n) is 30.1. The van der Waals surface area contributed by atoms with Crippen molar-refractivity contribution in [1.29, 1.82) is 0 Å². The quantitative estimate of drug-likeness (QED) is 0.179. The van der Waals surface area contributed by atoms with Gasteiger partial charge in [-0.25, -0.2) is 4.79 Å². The second-order valence-electron chi connectivity index (χ2n) is 15.8. The highest BCUT2D eigenvalue weighted by atomic mass is 16.6. The third kappa shape index (κ3) is 10.4. The lowest BCUT2D eigenvalue weighted by molar-refractivity contribution is -0.128. The minimum absolute atomic E-state index is 0.00866. The number of aryl methyl sites for hydroxylation is 1. The van der Waals surface area contributed by atoms with Crippen LogP contribution in [0.4, 0.5) is 4.79 Å². The Morgan fingerprint density at radius 2 is 1.81 bits per heavy atom. The maximum atomic E-state index is 13.6. The largest absolute Gasteiger partial charge is 0.444 e. The maximum Gasteiger partial charge on any atom is 0.407 e. The Kier molecular flexibility index (Phi) is 12.8. The van der Waals surface area contributed by atoms with Gasteiger partial charge in [0.1, 0.15) is 5.60 Å². The summed E-state index contributed by atoms with van der Waals surface area (Å²) in [5.74, 6) is 0.111. The van der Waals surface area contributed by atoms with E-state index in [1.807, 2.05) is 34.6 Å². The number of rotatable bonds is 16. The Balaban J connectivity index is 1.49. The van der Waals surface area contributed by atoms with E-state index in [0.717, 1.165) is 58.5 Å². The maximum absolute atomic E-state index is 13.6. The molecule has 9 nitrogen and oxygen atoms in total. The van der Waals surface area contributed by atoms with E-state index in [9.17, 15) is 14.7 Å². The van der Waals surface area contributed by atoms with E-state index in [2.05, 4.69) is 59.5 Å². The number of alkyl carbamates (subject to hydrolysis) is 1. The number of fused-ring (bicyclic) bond motifs is 1. The molecule has 5 atom stereocenters. The molecule has 0 bridgehead atoms. The summed E-state index contributed by atoms with van der Waals surface area (Å²) in [5, 5.41) is 19.3. The molecule has 4 rings (SSSR count). The van der Waals surface area contributed by atoms with Crippen LogP contribution in [0.2, 0.25) is 0 Å². The molecule has 1 spiro atoms. The average Bonchev–Trinajstić information content (AvgIpc) is 3.46. The van der Waals surface area contributed by atoms with Gasteiger partial charge >= 0.3 is 6.09 Å². The van der Waals surface area contributed by atoms with Gasteiger partial charge in [-0.2, -0.15) is 0 Å². The highest BCUT2D eigenvalue weighted by molar-refractivity contribution is 5.81. The molecule has 1 aromatic carbocycles. The van der Waals surface area contributed by atoms with Crippen LogP contribution >= 0.6 is 0 Å². The molecular weight excluding hydrogens is 594 g/mol. The lowest BCUT2D eigenvalue weighted by Gasteiger charge is -2.33. The predicted octanol–water partition coefficient (Wildman–Crippen LogP) is 6.48. The summed E-state index contributed by atoms with van der Waals surface area (Å²) in [6.45, 7) is 17.1. The van der Waals surface area contributed by atoms with Crippen molar-refractivity contribution in [3.05, 3.63) is 36.0 Å². The number of nitrogens with one attached hydrogen (secondary N) is 2. The molecule has 4 unspecified atom stereocenters. The van der Waals surface area contributed by atoms with Crippen molar-refractivity contribution in [3.63, 3.8) is 0 Å². The molecule has 0 radical (unpaired) electrons. The first-order valence-electron chi connectivity index (χ1n) is 17.8. The van der Waals surface area contributed by atoms with E-state index in [1.54, 1.807) is 7.11 Å². The van der Waals surface area contributed by atoms with Crippen LogP contribution in [0.3, 0.4) is 0 Å². The number of aromatic nitrogens is 1. The van der Waals surface area contributed by atoms with Gasteiger partial charge in [0.05, 0.1) is 12.1 Å². The molecule has 3 N–H and O–H groups in total. The van der Waals surface area contributed by atoms with Gasteiger partial charge in [-0.05, 0) is 112 Å². The van der Waals surface area contributed by atoms with E-state index >= 15 is 0 Å². The summed E-state index contributed by atoms with van der Waals surface area (Å²) < 4.78 is 18.7. The van der Waals surface area contributed by atoms with Crippen LogP contribution in [0, 0.1) is 29.1 Å².